The van der Waals surface area contributed by atoms with E-state index in [0.29, 0.717) is 19.4 Å². The molecule has 1 saturated carbocycles. The summed E-state index contributed by atoms with van der Waals surface area (Å²) in [6.45, 7) is 4.44. The predicted molar refractivity (Wildman–Crippen MR) is 111 cm³/mol. The third-order valence-electron chi connectivity index (χ3n) is 5.69. The predicted octanol–water partition coefficient (Wildman–Crippen LogP) is 3.86. The van der Waals surface area contributed by atoms with Crippen LogP contribution in [0.1, 0.15) is 29.5 Å². The maximum Gasteiger partial charge on any atom is 0.240 e. The highest BCUT2D eigenvalue weighted by Gasteiger charge is 2.56. The molecule has 3 N–H and O–H groups in total. The normalized spacial score (nSPS) is 14.6. The van der Waals surface area contributed by atoms with Crippen LogP contribution in [0.3, 0.4) is 0 Å². The Morgan fingerprint density at radius 2 is 1.71 bits per heavy atom. The average Bonchev–Trinajstić information content (AvgIpc) is 3.41. The number of carbonyl (C=O) groups excluding carboxylic acids is 2. The van der Waals surface area contributed by atoms with Crippen molar-refractivity contribution in [1.82, 2.24) is 10.3 Å². The second-order valence-electron chi connectivity index (χ2n) is 7.67. The fourth-order valence-electron chi connectivity index (χ4n) is 3.75. The summed E-state index contributed by atoms with van der Waals surface area (Å²) in [6, 6.07) is 14.0. The molecular weight excluding hydrogens is 350 g/mol. The molecule has 0 spiro atoms. The molecule has 1 heterocycles. The van der Waals surface area contributed by atoms with E-state index in [2.05, 4.69) is 21.7 Å². The van der Waals surface area contributed by atoms with Gasteiger partial charge in [0.1, 0.15) is 5.41 Å². The van der Waals surface area contributed by atoms with E-state index in [9.17, 15) is 9.59 Å². The SMILES string of the molecule is Cc1cccc(C)c1NC(=O)C1(C(=O)NCCc2c[nH]c3ccccc23)CC1. The number of para-hydroxylation sites is 2. The zero-order valence-electron chi connectivity index (χ0n) is 16.3. The van der Waals surface area contributed by atoms with Crippen molar-refractivity contribution in [2.45, 2.75) is 33.1 Å². The molecule has 0 atom stereocenters. The first-order chi connectivity index (χ1) is 13.5. The second kappa shape index (κ2) is 7.15. The molecule has 2 amide bonds. The number of H-pyrrole nitrogens is 1. The van der Waals surface area contributed by atoms with Crippen LogP contribution >= 0.6 is 0 Å². The molecule has 0 bridgehead atoms. The van der Waals surface area contributed by atoms with E-state index in [-0.39, 0.29) is 11.8 Å². The monoisotopic (exact) mass is 375 g/mol. The lowest BCUT2D eigenvalue weighted by molar-refractivity contribution is -0.134. The van der Waals surface area contributed by atoms with Crippen molar-refractivity contribution >= 4 is 28.4 Å². The van der Waals surface area contributed by atoms with E-state index in [4.69, 9.17) is 0 Å². The Kier molecular flexibility index (Phi) is 4.67. The Hall–Kier alpha value is -3.08. The highest BCUT2D eigenvalue weighted by molar-refractivity contribution is 6.13. The largest absolute Gasteiger partial charge is 0.361 e. The lowest BCUT2D eigenvalue weighted by Gasteiger charge is -2.17. The topological polar surface area (TPSA) is 74.0 Å². The summed E-state index contributed by atoms with van der Waals surface area (Å²) in [7, 11) is 0. The van der Waals surface area contributed by atoms with Gasteiger partial charge < -0.3 is 15.6 Å². The van der Waals surface area contributed by atoms with Crippen LogP contribution < -0.4 is 10.6 Å². The average molecular weight is 375 g/mol. The van der Waals surface area contributed by atoms with Gasteiger partial charge in [-0.25, -0.2) is 0 Å². The lowest BCUT2D eigenvalue weighted by Crippen LogP contribution is -2.40. The van der Waals surface area contributed by atoms with Gasteiger partial charge in [-0.15, -0.1) is 0 Å². The third kappa shape index (κ3) is 3.28. The van der Waals surface area contributed by atoms with E-state index in [1.807, 2.05) is 56.4 Å². The number of hydrogen-bond donors (Lipinski definition) is 3. The summed E-state index contributed by atoms with van der Waals surface area (Å²) in [5.41, 5.74) is 4.16. The minimum absolute atomic E-state index is 0.170. The van der Waals surface area contributed by atoms with Crippen molar-refractivity contribution in [3.8, 4) is 0 Å². The van der Waals surface area contributed by atoms with Crippen LogP contribution in [0.15, 0.2) is 48.7 Å². The number of carbonyl (C=O) groups is 2. The number of amides is 2. The van der Waals surface area contributed by atoms with Crippen molar-refractivity contribution in [1.29, 1.82) is 0 Å². The molecule has 1 aromatic heterocycles. The molecular formula is C23H25N3O2. The number of fused-ring (bicyclic) bond motifs is 1. The van der Waals surface area contributed by atoms with Crippen LogP contribution in [0.5, 0.6) is 0 Å². The Bertz CT molecular complexity index is 1030. The molecule has 0 saturated heterocycles. The quantitative estimate of drug-likeness (QED) is 0.572. The first kappa shape index (κ1) is 18.3. The molecule has 5 nitrogen and oxygen atoms in total. The van der Waals surface area contributed by atoms with Gasteiger partial charge in [0.25, 0.3) is 0 Å². The van der Waals surface area contributed by atoms with Crippen LogP contribution in [0.25, 0.3) is 10.9 Å². The minimum Gasteiger partial charge on any atom is -0.361 e. The zero-order valence-corrected chi connectivity index (χ0v) is 16.3. The molecule has 0 aliphatic heterocycles. The number of aromatic amines is 1. The lowest BCUT2D eigenvalue weighted by atomic mass is 10.0. The smallest absolute Gasteiger partial charge is 0.240 e. The fourth-order valence-corrected chi connectivity index (χ4v) is 3.75. The van der Waals surface area contributed by atoms with Gasteiger partial charge in [0.05, 0.1) is 0 Å². The van der Waals surface area contributed by atoms with E-state index >= 15 is 0 Å². The summed E-state index contributed by atoms with van der Waals surface area (Å²) in [6.07, 6.45) is 3.91. The van der Waals surface area contributed by atoms with Gasteiger partial charge in [-0.1, -0.05) is 36.4 Å². The zero-order chi connectivity index (χ0) is 19.7. The van der Waals surface area contributed by atoms with Gasteiger partial charge in [-0.05, 0) is 55.9 Å². The summed E-state index contributed by atoms with van der Waals surface area (Å²) in [4.78, 5) is 28.8. The van der Waals surface area contributed by atoms with Crippen molar-refractivity contribution in [3.05, 3.63) is 65.4 Å². The molecule has 2 aromatic carbocycles. The molecule has 1 fully saturated rings. The summed E-state index contributed by atoms with van der Waals surface area (Å²) < 4.78 is 0. The van der Waals surface area contributed by atoms with Crippen molar-refractivity contribution < 1.29 is 9.59 Å². The van der Waals surface area contributed by atoms with Crippen LogP contribution in [0.2, 0.25) is 0 Å². The number of hydrogen-bond acceptors (Lipinski definition) is 2. The molecule has 1 aliphatic carbocycles. The number of nitrogens with one attached hydrogen (secondary N) is 3. The van der Waals surface area contributed by atoms with Crippen LogP contribution in [-0.4, -0.2) is 23.3 Å². The molecule has 3 aromatic rings. The maximum absolute atomic E-state index is 12.8. The molecule has 144 valence electrons. The van der Waals surface area contributed by atoms with Crippen molar-refractivity contribution in [3.63, 3.8) is 0 Å². The number of rotatable bonds is 6. The van der Waals surface area contributed by atoms with Gasteiger partial charge in [-0.3, -0.25) is 9.59 Å². The Labute approximate surface area is 164 Å². The third-order valence-corrected chi connectivity index (χ3v) is 5.69. The second-order valence-corrected chi connectivity index (χ2v) is 7.67. The standard InChI is InChI=1S/C23H25N3O2/c1-15-6-5-7-16(2)20(15)26-22(28)23(11-12-23)21(27)24-13-10-17-14-25-19-9-4-3-8-18(17)19/h3-9,14,25H,10-13H2,1-2H3,(H,24,27)(H,26,28). The minimum atomic E-state index is -0.922. The first-order valence-electron chi connectivity index (χ1n) is 9.72. The Balaban J connectivity index is 1.38. The van der Waals surface area contributed by atoms with E-state index < -0.39 is 5.41 Å². The molecule has 0 unspecified atom stereocenters. The molecule has 28 heavy (non-hydrogen) atoms. The van der Waals surface area contributed by atoms with E-state index in [0.717, 1.165) is 28.8 Å². The van der Waals surface area contributed by atoms with E-state index in [1.165, 1.54) is 10.9 Å². The first-order valence-corrected chi connectivity index (χ1v) is 9.72. The van der Waals surface area contributed by atoms with E-state index in [1.54, 1.807) is 0 Å². The van der Waals surface area contributed by atoms with Crippen LogP contribution in [-0.2, 0) is 16.0 Å². The van der Waals surface area contributed by atoms with Gasteiger partial charge in [0, 0.05) is 29.3 Å². The Morgan fingerprint density at radius 1 is 1.00 bits per heavy atom. The summed E-state index contributed by atoms with van der Waals surface area (Å²) in [5, 5.41) is 7.13. The number of aryl methyl sites for hydroxylation is 2. The fraction of sp³-hybridized carbons (Fsp3) is 0.304. The van der Waals surface area contributed by atoms with Crippen molar-refractivity contribution in [2.24, 2.45) is 5.41 Å². The van der Waals surface area contributed by atoms with Crippen LogP contribution in [0.4, 0.5) is 5.69 Å². The molecule has 0 radical (unpaired) electrons. The highest BCUT2D eigenvalue weighted by Crippen LogP contribution is 2.47. The molecule has 1 aliphatic rings. The number of aromatic nitrogens is 1. The maximum atomic E-state index is 12.8. The van der Waals surface area contributed by atoms with Gasteiger partial charge in [0.2, 0.25) is 11.8 Å². The molecule has 5 heteroatoms. The Morgan fingerprint density at radius 3 is 2.43 bits per heavy atom. The number of benzene rings is 2. The molecule has 4 rings (SSSR count). The van der Waals surface area contributed by atoms with Gasteiger partial charge in [-0.2, -0.15) is 0 Å². The summed E-state index contributed by atoms with van der Waals surface area (Å²) in [5.74, 6) is -0.370. The highest BCUT2D eigenvalue weighted by atomic mass is 16.2. The number of anilines is 1. The van der Waals surface area contributed by atoms with Gasteiger partial charge >= 0.3 is 0 Å². The van der Waals surface area contributed by atoms with Gasteiger partial charge in [0.15, 0.2) is 0 Å². The van der Waals surface area contributed by atoms with Crippen LogP contribution in [0, 0.1) is 19.3 Å². The summed E-state index contributed by atoms with van der Waals surface area (Å²) >= 11 is 0. The van der Waals surface area contributed by atoms with Crippen molar-refractivity contribution in [2.75, 3.05) is 11.9 Å².